The van der Waals surface area contributed by atoms with E-state index in [1.54, 1.807) is 0 Å². The lowest BCUT2D eigenvalue weighted by Gasteiger charge is -2.53. The van der Waals surface area contributed by atoms with Crippen LogP contribution in [0.3, 0.4) is 0 Å². The molecule has 4 fully saturated rings. The van der Waals surface area contributed by atoms with Crippen LogP contribution in [-0.2, 0) is 0 Å². The highest BCUT2D eigenvalue weighted by Gasteiger charge is 2.50. The fraction of sp³-hybridized carbons (Fsp3) is 0.875. The van der Waals surface area contributed by atoms with Crippen molar-refractivity contribution in [2.45, 2.75) is 63.9 Å². The van der Waals surface area contributed by atoms with Crippen LogP contribution in [0.1, 0.15) is 75.6 Å². The van der Waals surface area contributed by atoms with Gasteiger partial charge in [0.2, 0.25) is 5.89 Å². The highest BCUT2D eigenvalue weighted by atomic mass is 16.5. The molecule has 0 radical (unpaired) electrons. The normalized spacial score (nSPS) is 40.2. The van der Waals surface area contributed by atoms with Gasteiger partial charge in [-0.3, -0.25) is 0 Å². The summed E-state index contributed by atoms with van der Waals surface area (Å²) in [6.07, 6.45) is 7.96. The zero-order chi connectivity index (χ0) is 13.7. The molecule has 1 aromatic heterocycles. The molecule has 20 heavy (non-hydrogen) atoms. The van der Waals surface area contributed by atoms with Crippen LogP contribution in [0.15, 0.2) is 4.52 Å². The van der Waals surface area contributed by atoms with E-state index in [0.717, 1.165) is 36.0 Å². The molecule has 4 aliphatic carbocycles. The van der Waals surface area contributed by atoms with Gasteiger partial charge in [-0.25, -0.2) is 0 Å². The molecule has 4 bridgehead atoms. The van der Waals surface area contributed by atoms with Gasteiger partial charge in [0.15, 0.2) is 5.82 Å². The Morgan fingerprint density at radius 1 is 1.15 bits per heavy atom. The molecule has 4 nitrogen and oxygen atoms in total. The van der Waals surface area contributed by atoms with E-state index in [1.165, 1.54) is 32.1 Å². The molecular weight excluding hydrogens is 252 g/mol. The second-order valence-electron chi connectivity index (χ2n) is 7.25. The van der Waals surface area contributed by atoms with E-state index in [-0.39, 0.29) is 0 Å². The molecule has 1 heterocycles. The Labute approximate surface area is 120 Å². The van der Waals surface area contributed by atoms with E-state index in [9.17, 15) is 5.11 Å². The third kappa shape index (κ3) is 2.00. The van der Waals surface area contributed by atoms with Gasteiger partial charge in [-0.1, -0.05) is 18.5 Å². The molecule has 1 aromatic rings. The average molecular weight is 276 g/mol. The van der Waals surface area contributed by atoms with Crippen molar-refractivity contribution in [2.24, 2.45) is 23.7 Å². The number of rotatable bonds is 4. The quantitative estimate of drug-likeness (QED) is 0.915. The zero-order valence-corrected chi connectivity index (χ0v) is 12.2. The number of hydrogen-bond acceptors (Lipinski definition) is 4. The minimum Gasteiger partial charge on any atom is -0.385 e. The van der Waals surface area contributed by atoms with Gasteiger partial charge in [0, 0.05) is 5.92 Å². The largest absolute Gasteiger partial charge is 0.385 e. The van der Waals surface area contributed by atoms with Crippen LogP contribution < -0.4 is 0 Å². The zero-order valence-electron chi connectivity index (χ0n) is 12.2. The molecule has 1 atom stereocenters. The van der Waals surface area contributed by atoms with Crippen molar-refractivity contribution in [1.82, 2.24) is 10.1 Å². The lowest BCUT2D eigenvalue weighted by molar-refractivity contribution is -0.0131. The van der Waals surface area contributed by atoms with Gasteiger partial charge in [0.25, 0.3) is 0 Å². The number of aliphatic hydroxyl groups excluding tert-OH is 1. The summed E-state index contributed by atoms with van der Waals surface area (Å²) in [6.45, 7) is 2.06. The van der Waals surface area contributed by atoms with Crippen molar-refractivity contribution in [2.75, 3.05) is 0 Å². The monoisotopic (exact) mass is 276 g/mol. The Morgan fingerprint density at radius 3 is 2.40 bits per heavy atom. The van der Waals surface area contributed by atoms with Gasteiger partial charge in [-0.05, 0) is 62.2 Å². The van der Waals surface area contributed by atoms with E-state index in [2.05, 4.69) is 17.1 Å². The minimum atomic E-state index is -0.561. The predicted octanol–water partition coefficient (Wildman–Crippen LogP) is 3.44. The fourth-order valence-corrected chi connectivity index (χ4v) is 5.25. The van der Waals surface area contributed by atoms with Crippen LogP contribution >= 0.6 is 0 Å². The summed E-state index contributed by atoms with van der Waals surface area (Å²) in [5.41, 5.74) is 0. The molecule has 1 unspecified atom stereocenters. The van der Waals surface area contributed by atoms with Crippen LogP contribution in [0.5, 0.6) is 0 Å². The number of hydrogen-bond donors (Lipinski definition) is 1. The molecule has 4 aliphatic rings. The van der Waals surface area contributed by atoms with Gasteiger partial charge in [0.1, 0.15) is 6.10 Å². The summed E-state index contributed by atoms with van der Waals surface area (Å²) in [6, 6.07) is 0. The first-order valence-corrected chi connectivity index (χ1v) is 8.26. The van der Waals surface area contributed by atoms with E-state index in [4.69, 9.17) is 4.52 Å². The highest BCUT2D eigenvalue weighted by Crippen LogP contribution is 2.59. The Morgan fingerprint density at radius 2 is 1.80 bits per heavy atom. The van der Waals surface area contributed by atoms with Gasteiger partial charge in [0.05, 0.1) is 0 Å². The Balaban J connectivity index is 1.56. The van der Waals surface area contributed by atoms with Gasteiger partial charge < -0.3 is 9.63 Å². The molecule has 4 heteroatoms. The average Bonchev–Trinajstić information content (AvgIpc) is 2.87. The summed E-state index contributed by atoms with van der Waals surface area (Å²) in [4.78, 5) is 4.55. The molecular formula is C16H24N2O2. The van der Waals surface area contributed by atoms with Crippen LogP contribution in [0.25, 0.3) is 0 Å². The first kappa shape index (κ1) is 12.8. The summed E-state index contributed by atoms with van der Waals surface area (Å²) in [5, 5.41) is 14.0. The lowest BCUT2D eigenvalue weighted by Crippen LogP contribution is -2.43. The molecule has 1 N–H and O–H groups in total. The topological polar surface area (TPSA) is 59.2 Å². The summed E-state index contributed by atoms with van der Waals surface area (Å²) >= 11 is 0. The van der Waals surface area contributed by atoms with E-state index >= 15 is 0 Å². The van der Waals surface area contributed by atoms with Gasteiger partial charge in [-0.15, -0.1) is 0 Å². The number of aliphatic hydroxyl groups is 1. The van der Waals surface area contributed by atoms with Crippen LogP contribution in [-0.4, -0.2) is 15.2 Å². The third-order valence-electron chi connectivity index (χ3n) is 5.83. The van der Waals surface area contributed by atoms with Crippen molar-refractivity contribution in [1.29, 1.82) is 0 Å². The Bertz CT molecular complexity index is 457. The van der Waals surface area contributed by atoms with Gasteiger partial charge >= 0.3 is 0 Å². The van der Waals surface area contributed by atoms with Crippen molar-refractivity contribution in [3.8, 4) is 0 Å². The molecule has 0 amide bonds. The summed E-state index contributed by atoms with van der Waals surface area (Å²) in [5.74, 6) is 5.20. The van der Waals surface area contributed by atoms with Crippen molar-refractivity contribution in [3.63, 3.8) is 0 Å². The maximum atomic E-state index is 10.00. The molecule has 110 valence electrons. The first-order valence-electron chi connectivity index (χ1n) is 8.26. The standard InChI is InChI=1S/C16H24N2O2/c1-2-3-13(19)15-17-16(20-18-15)14-11-5-9-4-10(7-11)8-12(14)6-9/h9-14,19H,2-8H2,1H3. The van der Waals surface area contributed by atoms with Crippen molar-refractivity contribution in [3.05, 3.63) is 11.7 Å². The van der Waals surface area contributed by atoms with E-state index in [1.807, 2.05) is 0 Å². The predicted molar refractivity (Wildman–Crippen MR) is 74.0 cm³/mol. The number of aromatic nitrogens is 2. The molecule has 0 spiro atoms. The highest BCUT2D eigenvalue weighted by molar-refractivity contribution is 5.09. The van der Waals surface area contributed by atoms with Crippen molar-refractivity contribution >= 4 is 0 Å². The Hall–Kier alpha value is -0.900. The Kier molecular flexibility index (Phi) is 3.09. The summed E-state index contributed by atoms with van der Waals surface area (Å²) in [7, 11) is 0. The maximum absolute atomic E-state index is 10.00. The molecule has 0 aromatic carbocycles. The van der Waals surface area contributed by atoms with Crippen molar-refractivity contribution < 1.29 is 9.63 Å². The second kappa shape index (κ2) is 4.83. The molecule has 0 aliphatic heterocycles. The summed E-state index contributed by atoms with van der Waals surface area (Å²) < 4.78 is 5.54. The van der Waals surface area contributed by atoms with E-state index in [0.29, 0.717) is 18.2 Å². The smallest absolute Gasteiger partial charge is 0.230 e. The van der Waals surface area contributed by atoms with Crippen LogP contribution in [0.2, 0.25) is 0 Å². The van der Waals surface area contributed by atoms with Crippen LogP contribution in [0.4, 0.5) is 0 Å². The minimum absolute atomic E-state index is 0.470. The van der Waals surface area contributed by atoms with Crippen LogP contribution in [0, 0.1) is 23.7 Å². The van der Waals surface area contributed by atoms with Gasteiger partial charge in [-0.2, -0.15) is 4.98 Å². The first-order chi connectivity index (χ1) is 9.74. The maximum Gasteiger partial charge on any atom is 0.230 e. The number of nitrogens with zero attached hydrogens (tertiary/aromatic N) is 2. The SMILES string of the molecule is CCCC(O)c1noc(C2C3CC4CC(C3)CC2C4)n1. The fourth-order valence-electron chi connectivity index (χ4n) is 5.25. The third-order valence-corrected chi connectivity index (χ3v) is 5.83. The second-order valence-corrected chi connectivity index (χ2v) is 7.25. The molecule has 0 saturated heterocycles. The molecule has 4 saturated carbocycles. The lowest BCUT2D eigenvalue weighted by atomic mass is 9.52. The van der Waals surface area contributed by atoms with E-state index < -0.39 is 6.10 Å². The molecule has 5 rings (SSSR count).